The minimum Gasteiger partial charge on any atom is -0.356 e. The van der Waals surface area contributed by atoms with E-state index >= 15 is 0 Å². The molecule has 0 radical (unpaired) electrons. The third-order valence-electron chi connectivity index (χ3n) is 5.14. The molecule has 1 saturated heterocycles. The van der Waals surface area contributed by atoms with Crippen LogP contribution in [0.1, 0.15) is 44.9 Å². The zero-order chi connectivity index (χ0) is 16.2. The minimum atomic E-state index is 0.495. The van der Waals surface area contributed by atoms with E-state index in [1.165, 1.54) is 44.9 Å². The molecule has 1 N–H and O–H groups in total. The van der Waals surface area contributed by atoms with Gasteiger partial charge in [0.1, 0.15) is 11.0 Å². The topological polar surface area (TPSA) is 44.3 Å². The zero-order valence-electron chi connectivity index (χ0n) is 14.3. The third-order valence-corrected chi connectivity index (χ3v) is 5.33. The maximum absolute atomic E-state index is 6.24. The Labute approximate surface area is 144 Å². The standard InChI is InChI=1S/C17H28ClN5/c1-22(2)14-8-10-23(11-9-14)16-12-15(18)20-17(21-16)19-13-6-4-3-5-7-13/h12-14H,3-11H2,1-2H3,(H,19,20,21). The van der Waals surface area contributed by atoms with Gasteiger partial charge in [-0.1, -0.05) is 30.9 Å². The van der Waals surface area contributed by atoms with Gasteiger partial charge in [-0.15, -0.1) is 0 Å². The van der Waals surface area contributed by atoms with Crippen LogP contribution in [-0.2, 0) is 0 Å². The molecule has 1 saturated carbocycles. The van der Waals surface area contributed by atoms with Crippen molar-refractivity contribution < 1.29 is 0 Å². The van der Waals surface area contributed by atoms with Crippen molar-refractivity contribution in [3.63, 3.8) is 0 Å². The summed E-state index contributed by atoms with van der Waals surface area (Å²) in [5.74, 6) is 1.65. The second kappa shape index (κ2) is 7.67. The monoisotopic (exact) mass is 337 g/mol. The highest BCUT2D eigenvalue weighted by Gasteiger charge is 2.22. The maximum atomic E-state index is 6.24. The summed E-state index contributed by atoms with van der Waals surface area (Å²) >= 11 is 6.24. The zero-order valence-corrected chi connectivity index (χ0v) is 15.0. The van der Waals surface area contributed by atoms with E-state index in [4.69, 9.17) is 16.6 Å². The molecule has 23 heavy (non-hydrogen) atoms. The van der Waals surface area contributed by atoms with Gasteiger partial charge in [0, 0.05) is 31.2 Å². The number of anilines is 2. The predicted molar refractivity (Wildman–Crippen MR) is 96.5 cm³/mol. The Morgan fingerprint density at radius 2 is 1.78 bits per heavy atom. The van der Waals surface area contributed by atoms with E-state index in [0.717, 1.165) is 18.9 Å². The fourth-order valence-electron chi connectivity index (χ4n) is 3.67. The summed E-state index contributed by atoms with van der Waals surface area (Å²) < 4.78 is 0. The average molecular weight is 338 g/mol. The summed E-state index contributed by atoms with van der Waals surface area (Å²) in [7, 11) is 4.32. The molecule has 0 unspecified atom stereocenters. The lowest BCUT2D eigenvalue weighted by molar-refractivity contribution is 0.249. The van der Waals surface area contributed by atoms with Gasteiger partial charge in [0.15, 0.2) is 0 Å². The van der Waals surface area contributed by atoms with E-state index in [1.54, 1.807) is 0 Å². The Morgan fingerprint density at radius 3 is 2.43 bits per heavy atom. The highest BCUT2D eigenvalue weighted by molar-refractivity contribution is 6.29. The Morgan fingerprint density at radius 1 is 1.09 bits per heavy atom. The molecule has 1 aromatic heterocycles. The number of aromatic nitrogens is 2. The summed E-state index contributed by atoms with van der Waals surface area (Å²) in [5, 5.41) is 4.02. The van der Waals surface area contributed by atoms with Gasteiger partial charge in [-0.3, -0.25) is 0 Å². The number of hydrogen-bond donors (Lipinski definition) is 1. The van der Waals surface area contributed by atoms with Gasteiger partial charge in [0.2, 0.25) is 5.95 Å². The van der Waals surface area contributed by atoms with Crippen molar-refractivity contribution in [3.8, 4) is 0 Å². The molecule has 1 aliphatic heterocycles. The Hall–Kier alpha value is -1.07. The molecule has 128 valence electrons. The van der Waals surface area contributed by atoms with Crippen molar-refractivity contribution in [1.82, 2.24) is 14.9 Å². The Balaban J connectivity index is 1.65. The predicted octanol–water partition coefficient (Wildman–Crippen LogP) is 3.41. The van der Waals surface area contributed by atoms with Gasteiger partial charge in [0.25, 0.3) is 0 Å². The summed E-state index contributed by atoms with van der Waals surface area (Å²) in [5.41, 5.74) is 0. The molecule has 3 rings (SSSR count). The van der Waals surface area contributed by atoms with Crippen LogP contribution < -0.4 is 10.2 Å². The molecule has 0 amide bonds. The molecule has 0 aromatic carbocycles. The van der Waals surface area contributed by atoms with Gasteiger partial charge in [0.05, 0.1) is 0 Å². The molecule has 5 nitrogen and oxygen atoms in total. The van der Waals surface area contributed by atoms with Crippen LogP contribution in [0.2, 0.25) is 5.15 Å². The lowest BCUT2D eigenvalue weighted by Gasteiger charge is -2.36. The number of rotatable bonds is 4. The molecule has 2 aliphatic rings. The highest BCUT2D eigenvalue weighted by atomic mass is 35.5. The smallest absolute Gasteiger partial charge is 0.226 e. The number of nitrogens with zero attached hydrogens (tertiary/aromatic N) is 4. The first-order valence-electron chi connectivity index (χ1n) is 8.84. The normalized spacial score (nSPS) is 21.0. The van der Waals surface area contributed by atoms with E-state index in [-0.39, 0.29) is 0 Å². The second-order valence-electron chi connectivity index (χ2n) is 7.03. The van der Waals surface area contributed by atoms with E-state index in [0.29, 0.717) is 23.2 Å². The van der Waals surface area contributed by atoms with Gasteiger partial charge >= 0.3 is 0 Å². The third kappa shape index (κ3) is 4.48. The first kappa shape index (κ1) is 16.8. The molecule has 0 bridgehead atoms. The summed E-state index contributed by atoms with van der Waals surface area (Å²) in [6.07, 6.45) is 8.69. The number of halogens is 1. The fraction of sp³-hybridized carbons (Fsp3) is 0.765. The molecule has 1 aromatic rings. The van der Waals surface area contributed by atoms with Crippen LogP contribution in [0, 0.1) is 0 Å². The molecular weight excluding hydrogens is 310 g/mol. The van der Waals surface area contributed by atoms with Crippen molar-refractivity contribution >= 4 is 23.4 Å². The second-order valence-corrected chi connectivity index (χ2v) is 7.42. The van der Waals surface area contributed by atoms with Crippen LogP contribution in [0.25, 0.3) is 0 Å². The molecule has 1 aliphatic carbocycles. The summed E-state index contributed by atoms with van der Waals surface area (Å²) in [6.45, 7) is 2.05. The quantitative estimate of drug-likeness (QED) is 0.853. The van der Waals surface area contributed by atoms with Crippen LogP contribution >= 0.6 is 11.6 Å². The first-order valence-corrected chi connectivity index (χ1v) is 9.22. The number of piperidine rings is 1. The van der Waals surface area contributed by atoms with Crippen molar-refractivity contribution in [2.45, 2.75) is 57.0 Å². The van der Waals surface area contributed by atoms with Crippen molar-refractivity contribution in [2.75, 3.05) is 37.4 Å². The maximum Gasteiger partial charge on any atom is 0.226 e. The van der Waals surface area contributed by atoms with Gasteiger partial charge < -0.3 is 15.1 Å². The van der Waals surface area contributed by atoms with Gasteiger partial charge in [-0.25, -0.2) is 4.98 Å². The van der Waals surface area contributed by atoms with Gasteiger partial charge in [-0.2, -0.15) is 4.98 Å². The molecule has 0 atom stereocenters. The Bertz CT molecular complexity index is 508. The lowest BCUT2D eigenvalue weighted by atomic mass is 9.96. The van der Waals surface area contributed by atoms with Crippen LogP contribution in [-0.4, -0.2) is 54.1 Å². The van der Waals surface area contributed by atoms with E-state index in [1.807, 2.05) is 6.07 Å². The SMILES string of the molecule is CN(C)C1CCN(c2cc(Cl)nc(NC3CCCCC3)n2)CC1. The summed E-state index contributed by atoms with van der Waals surface area (Å²) in [6, 6.07) is 3.06. The van der Waals surface area contributed by atoms with Crippen LogP contribution in [0.4, 0.5) is 11.8 Å². The first-order chi connectivity index (χ1) is 11.1. The molecular formula is C17H28ClN5. The Kier molecular flexibility index (Phi) is 5.59. The summed E-state index contributed by atoms with van der Waals surface area (Å²) in [4.78, 5) is 13.8. The van der Waals surface area contributed by atoms with Crippen LogP contribution in [0.5, 0.6) is 0 Å². The number of nitrogens with one attached hydrogen (secondary N) is 1. The van der Waals surface area contributed by atoms with Crippen LogP contribution in [0.15, 0.2) is 6.07 Å². The molecule has 6 heteroatoms. The van der Waals surface area contributed by atoms with Crippen molar-refractivity contribution in [1.29, 1.82) is 0 Å². The lowest BCUT2D eigenvalue weighted by Crippen LogP contribution is -2.42. The fourth-order valence-corrected chi connectivity index (χ4v) is 3.85. The van der Waals surface area contributed by atoms with E-state index < -0.39 is 0 Å². The largest absolute Gasteiger partial charge is 0.356 e. The van der Waals surface area contributed by atoms with Crippen molar-refractivity contribution in [2.24, 2.45) is 0 Å². The van der Waals surface area contributed by atoms with E-state index in [2.05, 4.69) is 34.2 Å². The molecule has 2 fully saturated rings. The number of hydrogen-bond acceptors (Lipinski definition) is 5. The van der Waals surface area contributed by atoms with Gasteiger partial charge in [-0.05, 0) is 39.8 Å². The molecule has 2 heterocycles. The minimum absolute atomic E-state index is 0.495. The highest BCUT2D eigenvalue weighted by Crippen LogP contribution is 2.25. The van der Waals surface area contributed by atoms with Crippen molar-refractivity contribution in [3.05, 3.63) is 11.2 Å². The molecule has 0 spiro atoms. The van der Waals surface area contributed by atoms with Crippen LogP contribution in [0.3, 0.4) is 0 Å². The van der Waals surface area contributed by atoms with E-state index in [9.17, 15) is 0 Å². The average Bonchev–Trinajstić information content (AvgIpc) is 2.55.